The lowest BCUT2D eigenvalue weighted by Gasteiger charge is -2.17. The zero-order valence-corrected chi connectivity index (χ0v) is 11.2. The normalized spacial score (nSPS) is 14.1. The van der Waals surface area contributed by atoms with Gasteiger partial charge < -0.3 is 5.32 Å². The van der Waals surface area contributed by atoms with Gasteiger partial charge in [-0.3, -0.25) is 4.79 Å². The van der Waals surface area contributed by atoms with Crippen LogP contribution in [0.5, 0.6) is 0 Å². The average Bonchev–Trinajstić information content (AvgIpc) is 2.99. The van der Waals surface area contributed by atoms with Gasteiger partial charge in [0.1, 0.15) is 18.7 Å². The van der Waals surface area contributed by atoms with Crippen molar-refractivity contribution in [2.24, 2.45) is 0 Å². The molecule has 0 saturated heterocycles. The van der Waals surface area contributed by atoms with E-state index in [2.05, 4.69) is 21.5 Å². The van der Waals surface area contributed by atoms with Crippen molar-refractivity contribution in [2.45, 2.75) is 32.4 Å². The van der Waals surface area contributed by atoms with Gasteiger partial charge in [-0.25, -0.2) is 9.67 Å². The van der Waals surface area contributed by atoms with Crippen LogP contribution in [0.4, 0.5) is 0 Å². The molecular weight excluding hydrogens is 248 g/mol. The van der Waals surface area contributed by atoms with E-state index in [1.165, 1.54) is 11.2 Å². The summed E-state index contributed by atoms with van der Waals surface area (Å²) in [6, 6.07) is 3.88. The third-order valence-corrected chi connectivity index (χ3v) is 3.59. The lowest BCUT2D eigenvalue weighted by atomic mass is 10.2. The average molecular weight is 264 g/mol. The minimum Gasteiger partial charge on any atom is -0.351 e. The number of carbonyl (C=O) groups excluding carboxylic acids is 1. The van der Waals surface area contributed by atoms with E-state index >= 15 is 0 Å². The molecule has 18 heavy (non-hydrogen) atoms. The van der Waals surface area contributed by atoms with Crippen molar-refractivity contribution in [2.75, 3.05) is 0 Å². The van der Waals surface area contributed by atoms with E-state index in [0.29, 0.717) is 0 Å². The Morgan fingerprint density at radius 2 is 2.39 bits per heavy atom. The van der Waals surface area contributed by atoms with Crippen molar-refractivity contribution < 1.29 is 4.79 Å². The van der Waals surface area contributed by atoms with E-state index in [4.69, 9.17) is 0 Å². The molecule has 2 rings (SSSR count). The van der Waals surface area contributed by atoms with Crippen molar-refractivity contribution in [1.29, 1.82) is 0 Å². The van der Waals surface area contributed by atoms with Gasteiger partial charge in [0.15, 0.2) is 0 Å². The highest BCUT2D eigenvalue weighted by atomic mass is 32.1. The summed E-state index contributed by atoms with van der Waals surface area (Å²) in [5.74, 6) is -0.0374. The summed E-state index contributed by atoms with van der Waals surface area (Å²) >= 11 is 1.71. The Kier molecular flexibility index (Phi) is 4.09. The van der Waals surface area contributed by atoms with Crippen molar-refractivity contribution in [3.8, 4) is 0 Å². The summed E-state index contributed by atoms with van der Waals surface area (Å²) in [5, 5.41) is 9.00. The van der Waals surface area contributed by atoms with Gasteiger partial charge in [-0.2, -0.15) is 5.10 Å². The fourth-order valence-corrected chi connectivity index (χ4v) is 2.52. The Labute approximate surface area is 110 Å². The molecule has 0 aliphatic heterocycles. The Morgan fingerprint density at radius 1 is 1.56 bits per heavy atom. The van der Waals surface area contributed by atoms with Gasteiger partial charge >= 0.3 is 0 Å². The van der Waals surface area contributed by atoms with E-state index in [1.807, 2.05) is 25.3 Å². The predicted octanol–water partition coefficient (Wildman–Crippen LogP) is 1.65. The minimum absolute atomic E-state index is 0.0374. The van der Waals surface area contributed by atoms with Gasteiger partial charge in [0, 0.05) is 17.3 Å². The van der Waals surface area contributed by atoms with Crippen molar-refractivity contribution >= 4 is 17.2 Å². The van der Waals surface area contributed by atoms with Gasteiger partial charge in [-0.1, -0.05) is 6.07 Å². The monoisotopic (exact) mass is 264 g/mol. The Hall–Kier alpha value is -1.69. The van der Waals surface area contributed by atoms with E-state index in [-0.39, 0.29) is 18.0 Å². The molecule has 5 nitrogen and oxygen atoms in total. The highest BCUT2D eigenvalue weighted by Gasteiger charge is 2.17. The first-order chi connectivity index (χ1) is 8.66. The molecule has 0 unspecified atom stereocenters. The number of nitrogens with zero attached hydrogens (tertiary/aromatic N) is 3. The molecule has 2 atom stereocenters. The topological polar surface area (TPSA) is 59.8 Å². The van der Waals surface area contributed by atoms with Gasteiger partial charge in [0.25, 0.3) is 0 Å². The molecule has 0 spiro atoms. The molecule has 0 bridgehead atoms. The third-order valence-electron chi connectivity index (χ3n) is 2.69. The maximum Gasteiger partial charge on any atom is 0.244 e. The maximum atomic E-state index is 12.0. The van der Waals surface area contributed by atoms with Crippen molar-refractivity contribution in [1.82, 2.24) is 20.1 Å². The summed E-state index contributed by atoms with van der Waals surface area (Å²) < 4.78 is 1.55. The van der Waals surface area contributed by atoms with Gasteiger partial charge in [-0.05, 0) is 25.3 Å². The standard InChI is InChI=1S/C12H16N4OS/c1-9(6-11-4-3-5-18-11)15-12(17)10(2)16-8-13-7-14-16/h3-5,7-10H,6H2,1-2H3,(H,15,17)/t9-,10+/m1/s1. The number of carbonyl (C=O) groups is 1. The van der Waals surface area contributed by atoms with E-state index in [0.717, 1.165) is 6.42 Å². The summed E-state index contributed by atoms with van der Waals surface area (Å²) in [6.07, 6.45) is 3.83. The SMILES string of the molecule is C[C@H](Cc1cccs1)NC(=O)[C@H](C)n1cncn1. The van der Waals surface area contributed by atoms with Crippen LogP contribution in [0, 0.1) is 0 Å². The molecule has 1 N–H and O–H groups in total. The number of thiophene rings is 1. The molecule has 0 aliphatic rings. The second kappa shape index (κ2) is 5.77. The largest absolute Gasteiger partial charge is 0.351 e. The van der Waals surface area contributed by atoms with Crippen LogP contribution in [0.1, 0.15) is 24.8 Å². The molecule has 2 aromatic heterocycles. The fraction of sp³-hybridized carbons (Fsp3) is 0.417. The molecule has 96 valence electrons. The highest BCUT2D eigenvalue weighted by Crippen LogP contribution is 2.11. The van der Waals surface area contributed by atoms with Crippen LogP contribution in [0.3, 0.4) is 0 Å². The zero-order chi connectivity index (χ0) is 13.0. The molecule has 6 heteroatoms. The second-order valence-corrected chi connectivity index (χ2v) is 5.28. The molecule has 0 saturated carbocycles. The highest BCUT2D eigenvalue weighted by molar-refractivity contribution is 7.09. The lowest BCUT2D eigenvalue weighted by molar-refractivity contribution is -0.124. The lowest BCUT2D eigenvalue weighted by Crippen LogP contribution is -2.38. The number of aromatic nitrogens is 3. The van der Waals surface area contributed by atoms with Gasteiger partial charge in [-0.15, -0.1) is 11.3 Å². The first-order valence-corrected chi connectivity index (χ1v) is 6.71. The molecule has 2 heterocycles. The Balaban J connectivity index is 1.87. The Morgan fingerprint density at radius 3 is 3.00 bits per heavy atom. The summed E-state index contributed by atoms with van der Waals surface area (Å²) in [5.41, 5.74) is 0. The number of hydrogen-bond donors (Lipinski definition) is 1. The number of amides is 1. The smallest absolute Gasteiger partial charge is 0.244 e. The second-order valence-electron chi connectivity index (χ2n) is 4.24. The molecule has 0 aliphatic carbocycles. The van der Waals surface area contributed by atoms with Crippen LogP contribution in [0.15, 0.2) is 30.2 Å². The van der Waals surface area contributed by atoms with Crippen LogP contribution in [0.25, 0.3) is 0 Å². The number of nitrogens with one attached hydrogen (secondary N) is 1. The fourth-order valence-electron chi connectivity index (χ4n) is 1.68. The van der Waals surface area contributed by atoms with E-state index in [9.17, 15) is 4.79 Å². The third kappa shape index (κ3) is 3.16. The van der Waals surface area contributed by atoms with Crippen LogP contribution in [0.2, 0.25) is 0 Å². The summed E-state index contributed by atoms with van der Waals surface area (Å²) in [7, 11) is 0. The van der Waals surface area contributed by atoms with Crippen molar-refractivity contribution in [3.05, 3.63) is 35.0 Å². The quantitative estimate of drug-likeness (QED) is 0.893. The summed E-state index contributed by atoms with van der Waals surface area (Å²) in [4.78, 5) is 17.1. The van der Waals surface area contributed by atoms with Crippen LogP contribution >= 0.6 is 11.3 Å². The van der Waals surface area contributed by atoms with Crippen molar-refractivity contribution in [3.63, 3.8) is 0 Å². The van der Waals surface area contributed by atoms with Crippen LogP contribution < -0.4 is 5.32 Å². The van der Waals surface area contributed by atoms with Crippen LogP contribution in [-0.4, -0.2) is 26.7 Å². The number of hydrogen-bond acceptors (Lipinski definition) is 4. The summed E-state index contributed by atoms with van der Waals surface area (Å²) in [6.45, 7) is 3.81. The maximum absolute atomic E-state index is 12.0. The number of rotatable bonds is 5. The molecule has 0 aromatic carbocycles. The molecule has 2 aromatic rings. The first-order valence-electron chi connectivity index (χ1n) is 5.83. The molecular formula is C12H16N4OS. The first kappa shape index (κ1) is 12.8. The Bertz CT molecular complexity index is 480. The van der Waals surface area contributed by atoms with Crippen LogP contribution in [-0.2, 0) is 11.2 Å². The zero-order valence-electron chi connectivity index (χ0n) is 10.4. The minimum atomic E-state index is -0.335. The van der Waals surface area contributed by atoms with E-state index < -0.39 is 0 Å². The predicted molar refractivity (Wildman–Crippen MR) is 70.4 cm³/mol. The molecule has 0 fully saturated rings. The van der Waals surface area contributed by atoms with E-state index in [1.54, 1.807) is 22.3 Å². The van der Waals surface area contributed by atoms with Gasteiger partial charge in [0.2, 0.25) is 5.91 Å². The van der Waals surface area contributed by atoms with Gasteiger partial charge in [0.05, 0.1) is 0 Å². The molecule has 1 amide bonds. The molecule has 0 radical (unpaired) electrons.